The molecule has 3 nitrogen and oxygen atoms in total. The molecule has 84 valence electrons. The van der Waals surface area contributed by atoms with Crippen molar-refractivity contribution in [2.24, 2.45) is 11.7 Å². The Hall–Kier alpha value is -0.120. The second-order valence-electron chi connectivity index (χ2n) is 4.87. The van der Waals surface area contributed by atoms with Gasteiger partial charge in [-0.25, -0.2) is 0 Å². The van der Waals surface area contributed by atoms with Crippen molar-refractivity contribution in [3.63, 3.8) is 0 Å². The first-order valence-corrected chi connectivity index (χ1v) is 5.53. The number of ether oxygens (including phenoxy) is 1. The smallest absolute Gasteiger partial charge is 0.0811 e. The molecule has 0 aliphatic heterocycles. The van der Waals surface area contributed by atoms with Gasteiger partial charge in [0.25, 0.3) is 0 Å². The van der Waals surface area contributed by atoms with Gasteiger partial charge in [-0.05, 0) is 33.1 Å². The first kappa shape index (κ1) is 12.0. The Labute approximate surface area is 86.6 Å². The maximum Gasteiger partial charge on any atom is 0.0811 e. The van der Waals surface area contributed by atoms with Crippen molar-refractivity contribution in [3.8, 4) is 0 Å². The summed E-state index contributed by atoms with van der Waals surface area (Å²) in [4.78, 5) is 0. The summed E-state index contributed by atoms with van der Waals surface area (Å²) in [6.07, 6.45) is 3.08. The first-order valence-electron chi connectivity index (χ1n) is 5.53. The summed E-state index contributed by atoms with van der Waals surface area (Å²) in [5, 5.41) is 9.36. The van der Waals surface area contributed by atoms with E-state index in [4.69, 9.17) is 10.5 Å². The number of hydrogen-bond donors (Lipinski definition) is 2. The van der Waals surface area contributed by atoms with E-state index in [-0.39, 0.29) is 11.7 Å². The van der Waals surface area contributed by atoms with E-state index in [9.17, 15) is 5.11 Å². The molecule has 0 radical (unpaired) electrons. The number of rotatable bonds is 6. The van der Waals surface area contributed by atoms with Crippen molar-refractivity contribution >= 4 is 0 Å². The normalized spacial score (nSPS) is 25.5. The van der Waals surface area contributed by atoms with Crippen LogP contribution in [0.4, 0.5) is 0 Å². The van der Waals surface area contributed by atoms with Crippen LogP contribution in [0.2, 0.25) is 0 Å². The third-order valence-electron chi connectivity index (χ3n) is 3.00. The maximum atomic E-state index is 9.36. The lowest BCUT2D eigenvalue weighted by Gasteiger charge is -2.33. The van der Waals surface area contributed by atoms with Crippen LogP contribution in [0.25, 0.3) is 0 Å². The Morgan fingerprint density at radius 2 is 2.07 bits per heavy atom. The summed E-state index contributed by atoms with van der Waals surface area (Å²) in [6, 6.07) is 0. The fourth-order valence-electron chi connectivity index (χ4n) is 1.66. The van der Waals surface area contributed by atoms with Gasteiger partial charge in [-0.15, -0.1) is 0 Å². The summed E-state index contributed by atoms with van der Waals surface area (Å²) in [7, 11) is 0. The summed E-state index contributed by atoms with van der Waals surface area (Å²) >= 11 is 0. The van der Waals surface area contributed by atoms with E-state index in [1.165, 1.54) is 12.8 Å². The molecule has 0 aromatic carbocycles. The number of nitrogens with two attached hydrogens (primary N) is 1. The van der Waals surface area contributed by atoms with Gasteiger partial charge in [0.05, 0.1) is 17.8 Å². The molecule has 0 saturated heterocycles. The van der Waals surface area contributed by atoms with Crippen molar-refractivity contribution < 1.29 is 9.84 Å². The highest BCUT2D eigenvalue weighted by atomic mass is 16.5. The second kappa shape index (κ2) is 4.60. The van der Waals surface area contributed by atoms with Crippen molar-refractivity contribution in [1.29, 1.82) is 0 Å². The van der Waals surface area contributed by atoms with Crippen LogP contribution in [0.3, 0.4) is 0 Å². The third kappa shape index (κ3) is 3.56. The molecule has 0 aromatic rings. The van der Waals surface area contributed by atoms with Gasteiger partial charge in [0.15, 0.2) is 0 Å². The van der Waals surface area contributed by atoms with Gasteiger partial charge in [0.2, 0.25) is 0 Å². The summed E-state index contributed by atoms with van der Waals surface area (Å²) < 4.78 is 5.82. The quantitative estimate of drug-likeness (QED) is 0.681. The van der Waals surface area contributed by atoms with Crippen molar-refractivity contribution in [3.05, 3.63) is 0 Å². The molecule has 0 aromatic heterocycles. The zero-order chi connectivity index (χ0) is 10.8. The van der Waals surface area contributed by atoms with E-state index in [1.807, 2.05) is 13.8 Å². The highest BCUT2D eigenvalue weighted by Gasteiger charge is 2.34. The van der Waals surface area contributed by atoms with Crippen molar-refractivity contribution in [1.82, 2.24) is 0 Å². The van der Waals surface area contributed by atoms with Gasteiger partial charge in [-0.2, -0.15) is 0 Å². The monoisotopic (exact) mass is 201 g/mol. The molecule has 0 heterocycles. The second-order valence-corrected chi connectivity index (χ2v) is 4.87. The minimum absolute atomic E-state index is 0.137. The molecule has 1 fully saturated rings. The molecule has 14 heavy (non-hydrogen) atoms. The lowest BCUT2D eigenvalue weighted by Crippen LogP contribution is -2.43. The molecule has 0 spiro atoms. The van der Waals surface area contributed by atoms with E-state index in [2.05, 4.69) is 0 Å². The first-order chi connectivity index (χ1) is 6.47. The molecule has 3 atom stereocenters. The summed E-state index contributed by atoms with van der Waals surface area (Å²) in [6.45, 7) is 6.22. The molecule has 0 amide bonds. The average molecular weight is 201 g/mol. The van der Waals surface area contributed by atoms with Crippen LogP contribution in [-0.4, -0.2) is 29.5 Å². The van der Waals surface area contributed by atoms with Crippen LogP contribution in [0.15, 0.2) is 0 Å². The van der Waals surface area contributed by atoms with E-state index >= 15 is 0 Å². The van der Waals surface area contributed by atoms with Gasteiger partial charge < -0.3 is 15.6 Å². The van der Waals surface area contributed by atoms with E-state index < -0.39 is 6.10 Å². The van der Waals surface area contributed by atoms with Crippen LogP contribution in [-0.2, 0) is 4.74 Å². The molecular weight excluding hydrogens is 178 g/mol. The van der Waals surface area contributed by atoms with E-state index in [1.54, 1.807) is 6.92 Å². The Morgan fingerprint density at radius 3 is 2.43 bits per heavy atom. The molecule has 0 bridgehead atoms. The van der Waals surface area contributed by atoms with Crippen molar-refractivity contribution in [2.45, 2.75) is 57.8 Å². The van der Waals surface area contributed by atoms with Crippen LogP contribution in [0, 0.1) is 5.92 Å². The minimum atomic E-state index is -0.430. The molecule has 1 aliphatic rings. The van der Waals surface area contributed by atoms with Crippen LogP contribution < -0.4 is 5.73 Å². The molecule has 1 rings (SSSR count). The lowest BCUT2D eigenvalue weighted by molar-refractivity contribution is -0.115. The highest BCUT2D eigenvalue weighted by Crippen LogP contribution is 2.38. The lowest BCUT2D eigenvalue weighted by atomic mass is 9.98. The van der Waals surface area contributed by atoms with Crippen LogP contribution >= 0.6 is 0 Å². The number of aliphatic hydroxyl groups excluding tert-OH is 1. The van der Waals surface area contributed by atoms with Gasteiger partial charge in [-0.3, -0.25) is 0 Å². The van der Waals surface area contributed by atoms with Gasteiger partial charge in [0, 0.05) is 6.54 Å². The van der Waals surface area contributed by atoms with E-state index in [0.29, 0.717) is 6.54 Å². The van der Waals surface area contributed by atoms with E-state index in [0.717, 1.165) is 12.3 Å². The zero-order valence-electron chi connectivity index (χ0n) is 9.49. The number of hydrogen-bond acceptors (Lipinski definition) is 3. The Balaban J connectivity index is 2.41. The van der Waals surface area contributed by atoms with Gasteiger partial charge >= 0.3 is 0 Å². The fourth-order valence-corrected chi connectivity index (χ4v) is 1.66. The Morgan fingerprint density at radius 1 is 1.50 bits per heavy atom. The Bertz CT molecular complexity index is 180. The topological polar surface area (TPSA) is 55.5 Å². The molecule has 1 saturated carbocycles. The SMILES string of the molecule is CC(O)C(C)OC(C)(CN)CC1CC1. The highest BCUT2D eigenvalue weighted by molar-refractivity contribution is 4.87. The predicted molar refractivity (Wildman–Crippen MR) is 57.0 cm³/mol. The largest absolute Gasteiger partial charge is 0.391 e. The van der Waals surface area contributed by atoms with Gasteiger partial charge in [-0.1, -0.05) is 12.8 Å². The summed E-state index contributed by atoms with van der Waals surface area (Å²) in [5.74, 6) is 0.796. The molecular formula is C11H23NO2. The zero-order valence-corrected chi connectivity index (χ0v) is 9.49. The Kier molecular flexibility index (Phi) is 3.93. The predicted octanol–water partition coefficient (Wildman–Crippen LogP) is 1.29. The third-order valence-corrected chi connectivity index (χ3v) is 3.00. The molecule has 3 N–H and O–H groups in total. The van der Waals surface area contributed by atoms with Crippen LogP contribution in [0.5, 0.6) is 0 Å². The molecule has 3 heteroatoms. The molecule has 1 aliphatic carbocycles. The standard InChI is InChI=1S/C11H23NO2/c1-8(13)9(2)14-11(3,7-12)6-10-4-5-10/h8-10,13H,4-7,12H2,1-3H3. The maximum absolute atomic E-state index is 9.36. The molecule has 3 unspecified atom stereocenters. The van der Waals surface area contributed by atoms with Crippen molar-refractivity contribution in [2.75, 3.05) is 6.54 Å². The minimum Gasteiger partial charge on any atom is -0.391 e. The van der Waals surface area contributed by atoms with Gasteiger partial charge in [0.1, 0.15) is 0 Å². The van der Waals surface area contributed by atoms with Crippen LogP contribution in [0.1, 0.15) is 40.0 Å². The average Bonchev–Trinajstić information content (AvgIpc) is 2.88. The summed E-state index contributed by atoms with van der Waals surface area (Å²) in [5.41, 5.74) is 5.47. The fraction of sp³-hybridized carbons (Fsp3) is 1.00. The number of aliphatic hydroxyl groups is 1.